The number of anilines is 1. The molecule has 0 unspecified atom stereocenters. The Morgan fingerprint density at radius 3 is 2.58 bits per heavy atom. The average Bonchev–Trinajstić information content (AvgIpc) is 2.34. The van der Waals surface area contributed by atoms with Crippen molar-refractivity contribution < 1.29 is 8.78 Å². The van der Waals surface area contributed by atoms with Crippen molar-refractivity contribution in [2.24, 2.45) is 0 Å². The number of hydrogen-bond donors (Lipinski definition) is 1. The normalized spacial score (nSPS) is 10.6. The Morgan fingerprint density at radius 1 is 1.16 bits per heavy atom. The van der Waals surface area contributed by atoms with Crippen LogP contribution >= 0.6 is 27.5 Å². The van der Waals surface area contributed by atoms with Crippen LogP contribution in [0.1, 0.15) is 11.1 Å². The van der Waals surface area contributed by atoms with Gasteiger partial charge in [-0.3, -0.25) is 0 Å². The minimum atomic E-state index is -0.635. The van der Waals surface area contributed by atoms with Gasteiger partial charge in [0.05, 0.1) is 10.2 Å². The fourth-order valence-electron chi connectivity index (χ4n) is 1.64. The maximum absolute atomic E-state index is 13.5. The van der Waals surface area contributed by atoms with Crippen LogP contribution in [0.2, 0.25) is 5.02 Å². The summed E-state index contributed by atoms with van der Waals surface area (Å²) in [4.78, 5) is 0. The Bertz CT molecular complexity index is 617. The molecular formula is C14H11BrClF2N. The van der Waals surface area contributed by atoms with Crippen LogP contribution in [-0.4, -0.2) is 0 Å². The highest BCUT2D eigenvalue weighted by atomic mass is 79.9. The van der Waals surface area contributed by atoms with E-state index in [2.05, 4.69) is 21.2 Å². The average molecular weight is 347 g/mol. The van der Waals surface area contributed by atoms with E-state index in [9.17, 15) is 8.78 Å². The third kappa shape index (κ3) is 3.45. The molecule has 0 amide bonds. The number of nitrogens with one attached hydrogen (secondary N) is 1. The Morgan fingerprint density at radius 2 is 1.89 bits per heavy atom. The van der Waals surface area contributed by atoms with Crippen molar-refractivity contribution in [3.8, 4) is 0 Å². The maximum Gasteiger partial charge on any atom is 0.149 e. The van der Waals surface area contributed by atoms with Crippen LogP contribution in [0.15, 0.2) is 34.8 Å². The zero-order chi connectivity index (χ0) is 14.0. The van der Waals surface area contributed by atoms with Gasteiger partial charge in [-0.25, -0.2) is 8.78 Å². The lowest BCUT2D eigenvalue weighted by atomic mass is 10.1. The first-order valence-electron chi connectivity index (χ1n) is 5.61. The van der Waals surface area contributed by atoms with Crippen molar-refractivity contribution in [1.29, 1.82) is 0 Å². The molecule has 0 aliphatic carbocycles. The van der Waals surface area contributed by atoms with Crippen LogP contribution < -0.4 is 5.32 Å². The van der Waals surface area contributed by atoms with E-state index < -0.39 is 11.6 Å². The molecule has 5 heteroatoms. The minimum absolute atomic E-state index is 0.214. The van der Waals surface area contributed by atoms with Gasteiger partial charge in [0.15, 0.2) is 0 Å². The van der Waals surface area contributed by atoms with Gasteiger partial charge in [-0.1, -0.05) is 23.7 Å². The van der Waals surface area contributed by atoms with Gasteiger partial charge in [0.2, 0.25) is 0 Å². The summed E-state index contributed by atoms with van der Waals surface area (Å²) in [5, 5.41) is 3.52. The van der Waals surface area contributed by atoms with Crippen LogP contribution in [0, 0.1) is 18.6 Å². The molecule has 2 aromatic carbocycles. The van der Waals surface area contributed by atoms with E-state index in [1.165, 1.54) is 6.07 Å². The number of aryl methyl sites for hydroxylation is 1. The highest BCUT2D eigenvalue weighted by Crippen LogP contribution is 2.25. The Hall–Kier alpha value is -1.13. The topological polar surface area (TPSA) is 12.0 Å². The van der Waals surface area contributed by atoms with E-state index >= 15 is 0 Å². The Kier molecular flexibility index (Phi) is 4.42. The molecule has 0 aliphatic rings. The number of rotatable bonds is 3. The summed E-state index contributed by atoms with van der Waals surface area (Å²) in [5.74, 6) is -1.26. The van der Waals surface area contributed by atoms with Gasteiger partial charge in [0, 0.05) is 17.6 Å². The molecule has 0 aliphatic heterocycles. The van der Waals surface area contributed by atoms with Crippen molar-refractivity contribution in [2.45, 2.75) is 13.5 Å². The van der Waals surface area contributed by atoms with Gasteiger partial charge in [0.25, 0.3) is 0 Å². The predicted molar refractivity (Wildman–Crippen MR) is 77.6 cm³/mol. The van der Waals surface area contributed by atoms with Gasteiger partial charge in [-0.05, 0) is 46.1 Å². The van der Waals surface area contributed by atoms with E-state index in [1.54, 1.807) is 0 Å². The van der Waals surface area contributed by atoms with Gasteiger partial charge in [-0.2, -0.15) is 0 Å². The molecule has 19 heavy (non-hydrogen) atoms. The number of benzene rings is 2. The molecule has 0 heterocycles. The molecule has 1 nitrogen and oxygen atoms in total. The van der Waals surface area contributed by atoms with E-state index in [-0.39, 0.29) is 10.2 Å². The summed E-state index contributed by atoms with van der Waals surface area (Å²) in [7, 11) is 0. The molecule has 2 rings (SSSR count). The molecular weight excluding hydrogens is 336 g/mol. The van der Waals surface area contributed by atoms with Crippen molar-refractivity contribution in [1.82, 2.24) is 0 Å². The zero-order valence-corrected chi connectivity index (χ0v) is 12.4. The first kappa shape index (κ1) is 14.3. The third-order valence-electron chi connectivity index (χ3n) is 2.69. The van der Waals surface area contributed by atoms with E-state index in [0.29, 0.717) is 11.6 Å². The van der Waals surface area contributed by atoms with E-state index in [1.807, 2.05) is 25.1 Å². The molecule has 100 valence electrons. The fourth-order valence-corrected chi connectivity index (χ4v) is 2.29. The van der Waals surface area contributed by atoms with Crippen molar-refractivity contribution in [3.63, 3.8) is 0 Å². The van der Waals surface area contributed by atoms with Gasteiger partial charge >= 0.3 is 0 Å². The van der Waals surface area contributed by atoms with Crippen LogP contribution in [0.5, 0.6) is 0 Å². The molecule has 0 saturated carbocycles. The monoisotopic (exact) mass is 345 g/mol. The first-order valence-corrected chi connectivity index (χ1v) is 6.78. The van der Waals surface area contributed by atoms with Crippen LogP contribution in [0.3, 0.4) is 0 Å². The summed E-state index contributed by atoms with van der Waals surface area (Å²) in [6.45, 7) is 2.31. The molecule has 0 bridgehead atoms. The highest BCUT2D eigenvalue weighted by Gasteiger charge is 2.08. The second-order valence-electron chi connectivity index (χ2n) is 4.19. The van der Waals surface area contributed by atoms with Crippen molar-refractivity contribution in [2.75, 3.05) is 5.32 Å². The molecule has 0 radical (unpaired) electrons. The van der Waals surface area contributed by atoms with Crippen LogP contribution in [-0.2, 0) is 6.54 Å². The summed E-state index contributed by atoms with van der Waals surface area (Å²) >= 11 is 9.11. The highest BCUT2D eigenvalue weighted by molar-refractivity contribution is 9.10. The molecule has 0 atom stereocenters. The first-order chi connectivity index (χ1) is 8.97. The van der Waals surface area contributed by atoms with Gasteiger partial charge in [-0.15, -0.1) is 0 Å². The van der Waals surface area contributed by atoms with Crippen LogP contribution in [0.4, 0.5) is 14.5 Å². The smallest absolute Gasteiger partial charge is 0.149 e. The molecule has 0 fully saturated rings. The summed E-state index contributed by atoms with van der Waals surface area (Å²) in [5.41, 5.74) is 2.14. The summed E-state index contributed by atoms with van der Waals surface area (Å²) in [6, 6.07) is 7.85. The second-order valence-corrected chi connectivity index (χ2v) is 5.46. The largest absolute Gasteiger partial charge is 0.379 e. The number of hydrogen-bond acceptors (Lipinski definition) is 1. The molecule has 0 spiro atoms. The molecule has 0 aromatic heterocycles. The quantitative estimate of drug-likeness (QED) is 0.744. The molecule has 2 aromatic rings. The standard InChI is InChI=1S/C14H11BrClF2N/c1-8-2-3-9(11(16)4-8)7-19-14-5-10(15)12(17)6-13(14)18/h2-6,19H,7H2,1H3. The lowest BCUT2D eigenvalue weighted by Crippen LogP contribution is -2.03. The maximum atomic E-state index is 13.5. The summed E-state index contributed by atoms with van der Waals surface area (Å²) < 4.78 is 26.9. The summed E-state index contributed by atoms with van der Waals surface area (Å²) in [6.07, 6.45) is 0. The SMILES string of the molecule is Cc1ccc(CNc2cc(Br)c(F)cc2F)c(Cl)c1. The fraction of sp³-hybridized carbons (Fsp3) is 0.143. The third-order valence-corrected chi connectivity index (χ3v) is 3.65. The van der Waals surface area contributed by atoms with Crippen molar-refractivity contribution >= 4 is 33.2 Å². The number of halogens is 4. The van der Waals surface area contributed by atoms with E-state index in [0.717, 1.165) is 17.2 Å². The Balaban J connectivity index is 2.16. The molecule has 0 saturated heterocycles. The lowest BCUT2D eigenvalue weighted by molar-refractivity contribution is 0.580. The zero-order valence-electron chi connectivity index (χ0n) is 10.1. The van der Waals surface area contributed by atoms with E-state index in [4.69, 9.17) is 11.6 Å². The second kappa shape index (κ2) is 5.88. The van der Waals surface area contributed by atoms with Crippen molar-refractivity contribution in [3.05, 3.63) is 62.6 Å². The van der Waals surface area contributed by atoms with Crippen LogP contribution in [0.25, 0.3) is 0 Å². The molecule has 1 N–H and O–H groups in total. The minimum Gasteiger partial charge on any atom is -0.379 e. The van der Waals surface area contributed by atoms with Gasteiger partial charge in [0.1, 0.15) is 11.6 Å². The predicted octanol–water partition coefficient (Wildman–Crippen LogP) is 5.30. The van der Waals surface area contributed by atoms with Gasteiger partial charge < -0.3 is 5.32 Å². The lowest BCUT2D eigenvalue weighted by Gasteiger charge is -2.10. The Labute approximate surface area is 123 Å².